The van der Waals surface area contributed by atoms with Crippen molar-refractivity contribution in [2.45, 2.75) is 6.42 Å². The highest BCUT2D eigenvalue weighted by atomic mass is 19.1. The fourth-order valence-corrected chi connectivity index (χ4v) is 2.12. The molecule has 0 heterocycles. The molecule has 2 aromatic rings. The lowest BCUT2D eigenvalue weighted by Crippen LogP contribution is -2.15. The zero-order valence-electron chi connectivity index (χ0n) is 12.6. The van der Waals surface area contributed by atoms with Crippen molar-refractivity contribution in [1.82, 2.24) is 5.32 Å². The fourth-order valence-electron chi connectivity index (χ4n) is 2.12. The molecule has 22 heavy (non-hydrogen) atoms. The number of allylic oxidation sites excluding steroid dienone is 1. The fraction of sp³-hybridized carbons (Fsp3) is 0.167. The summed E-state index contributed by atoms with van der Waals surface area (Å²) in [6, 6.07) is 13.8. The molecule has 4 heteroatoms. The first-order valence-corrected chi connectivity index (χ1v) is 6.93. The molecule has 3 nitrogen and oxygen atoms in total. The van der Waals surface area contributed by atoms with Crippen molar-refractivity contribution >= 4 is 11.5 Å². The average molecular weight is 299 g/mol. The Kier molecular flexibility index (Phi) is 5.31. The number of benzene rings is 2. The summed E-state index contributed by atoms with van der Waals surface area (Å²) in [5.74, 6) is 0.231. The number of nitrogens with one attached hydrogen (secondary N) is 1. The smallest absolute Gasteiger partial charge is 0.244 e. The van der Waals surface area contributed by atoms with Crippen LogP contribution in [-0.2, 0) is 11.2 Å². The van der Waals surface area contributed by atoms with Gasteiger partial charge in [-0.3, -0.25) is 4.79 Å². The van der Waals surface area contributed by atoms with Crippen molar-refractivity contribution in [3.8, 4) is 5.75 Å². The van der Waals surface area contributed by atoms with Crippen LogP contribution in [-0.4, -0.2) is 20.1 Å². The summed E-state index contributed by atoms with van der Waals surface area (Å²) in [4.78, 5) is 11.7. The lowest BCUT2D eigenvalue weighted by molar-refractivity contribution is -0.116. The van der Waals surface area contributed by atoms with E-state index in [0.717, 1.165) is 16.9 Å². The molecule has 0 radical (unpaired) electrons. The minimum absolute atomic E-state index is 0.215. The summed E-state index contributed by atoms with van der Waals surface area (Å²) >= 11 is 0. The zero-order chi connectivity index (χ0) is 15.9. The van der Waals surface area contributed by atoms with Crippen LogP contribution in [0, 0.1) is 5.82 Å². The summed E-state index contributed by atoms with van der Waals surface area (Å²) in [6.45, 7) is 0. The predicted molar refractivity (Wildman–Crippen MR) is 85.1 cm³/mol. The van der Waals surface area contributed by atoms with E-state index in [2.05, 4.69) is 5.32 Å². The first kappa shape index (κ1) is 15.8. The minimum atomic E-state index is -0.324. The standard InChI is InChI=1S/C18H18FNO2/c1-20-18(21)12-15(14-4-3-5-16(19)11-14)10-13-6-8-17(22-2)9-7-13/h3-9,11-12H,10H2,1-2H3,(H,20,21). The van der Waals surface area contributed by atoms with E-state index < -0.39 is 0 Å². The molecule has 0 spiro atoms. The van der Waals surface area contributed by atoms with E-state index in [1.807, 2.05) is 24.3 Å². The van der Waals surface area contributed by atoms with Gasteiger partial charge in [-0.2, -0.15) is 0 Å². The van der Waals surface area contributed by atoms with Crippen LogP contribution in [0.3, 0.4) is 0 Å². The predicted octanol–water partition coefficient (Wildman–Crippen LogP) is 3.21. The van der Waals surface area contributed by atoms with Crippen LogP contribution >= 0.6 is 0 Å². The van der Waals surface area contributed by atoms with Gasteiger partial charge in [0.25, 0.3) is 0 Å². The van der Waals surface area contributed by atoms with Crippen LogP contribution in [0.15, 0.2) is 54.6 Å². The third kappa shape index (κ3) is 4.19. The first-order chi connectivity index (χ1) is 10.6. The normalized spacial score (nSPS) is 11.1. The Labute approximate surface area is 129 Å². The van der Waals surface area contributed by atoms with Crippen molar-refractivity contribution in [2.75, 3.05) is 14.2 Å². The molecule has 114 valence electrons. The van der Waals surface area contributed by atoms with Crippen molar-refractivity contribution in [3.05, 3.63) is 71.6 Å². The number of ether oxygens (including phenoxy) is 1. The highest BCUT2D eigenvalue weighted by Gasteiger charge is 2.07. The molecule has 0 unspecified atom stereocenters. The molecular weight excluding hydrogens is 281 g/mol. The van der Waals surface area contributed by atoms with Crippen molar-refractivity contribution in [2.24, 2.45) is 0 Å². The molecule has 1 N–H and O–H groups in total. The Morgan fingerprint density at radius 3 is 2.55 bits per heavy atom. The van der Waals surface area contributed by atoms with E-state index in [1.54, 1.807) is 26.3 Å². The van der Waals surface area contributed by atoms with Gasteiger partial charge in [0.1, 0.15) is 11.6 Å². The molecular formula is C18H18FNO2. The second kappa shape index (κ2) is 7.41. The number of halogens is 1. The lowest BCUT2D eigenvalue weighted by Gasteiger charge is -2.09. The van der Waals surface area contributed by atoms with Gasteiger partial charge in [0, 0.05) is 13.1 Å². The second-order valence-corrected chi connectivity index (χ2v) is 4.82. The van der Waals surface area contributed by atoms with Gasteiger partial charge >= 0.3 is 0 Å². The summed E-state index contributed by atoms with van der Waals surface area (Å²) in [6.07, 6.45) is 2.03. The minimum Gasteiger partial charge on any atom is -0.497 e. The van der Waals surface area contributed by atoms with E-state index in [1.165, 1.54) is 18.2 Å². The van der Waals surface area contributed by atoms with Gasteiger partial charge in [-0.15, -0.1) is 0 Å². The Morgan fingerprint density at radius 2 is 1.95 bits per heavy atom. The van der Waals surface area contributed by atoms with Crippen molar-refractivity contribution < 1.29 is 13.9 Å². The Hall–Kier alpha value is -2.62. The Bertz CT molecular complexity index is 678. The molecule has 0 aliphatic rings. The van der Waals surface area contributed by atoms with Gasteiger partial charge in [-0.25, -0.2) is 4.39 Å². The second-order valence-electron chi connectivity index (χ2n) is 4.82. The number of methoxy groups -OCH3 is 1. The third-order valence-electron chi connectivity index (χ3n) is 3.30. The van der Waals surface area contributed by atoms with Crippen molar-refractivity contribution in [1.29, 1.82) is 0 Å². The van der Waals surface area contributed by atoms with E-state index in [4.69, 9.17) is 4.74 Å². The van der Waals surface area contributed by atoms with Crippen LogP contribution in [0.25, 0.3) is 5.57 Å². The topological polar surface area (TPSA) is 38.3 Å². The highest BCUT2D eigenvalue weighted by Crippen LogP contribution is 2.22. The zero-order valence-corrected chi connectivity index (χ0v) is 12.6. The summed E-state index contributed by atoms with van der Waals surface area (Å²) in [7, 11) is 3.17. The van der Waals surface area contributed by atoms with Crippen LogP contribution in [0.5, 0.6) is 5.75 Å². The van der Waals surface area contributed by atoms with Gasteiger partial charge in [0.2, 0.25) is 5.91 Å². The van der Waals surface area contributed by atoms with E-state index >= 15 is 0 Å². The number of carbonyl (C=O) groups is 1. The number of rotatable bonds is 5. The third-order valence-corrected chi connectivity index (χ3v) is 3.30. The number of amides is 1. The molecule has 0 bridgehead atoms. The van der Waals surface area contributed by atoms with E-state index in [-0.39, 0.29) is 11.7 Å². The maximum Gasteiger partial charge on any atom is 0.244 e. The van der Waals surface area contributed by atoms with E-state index in [0.29, 0.717) is 12.0 Å². The number of carbonyl (C=O) groups excluding carboxylic acids is 1. The number of hydrogen-bond acceptors (Lipinski definition) is 2. The maximum atomic E-state index is 13.4. The van der Waals surface area contributed by atoms with Gasteiger partial charge in [0.05, 0.1) is 7.11 Å². The average Bonchev–Trinajstić information content (AvgIpc) is 2.54. The quantitative estimate of drug-likeness (QED) is 0.861. The lowest BCUT2D eigenvalue weighted by atomic mass is 9.97. The van der Waals surface area contributed by atoms with Crippen molar-refractivity contribution in [3.63, 3.8) is 0 Å². The number of likely N-dealkylation sites (N-methyl/N-ethyl adjacent to an activating group) is 1. The first-order valence-electron chi connectivity index (χ1n) is 6.93. The molecule has 0 aliphatic carbocycles. The van der Waals surface area contributed by atoms with Crippen LogP contribution in [0.2, 0.25) is 0 Å². The summed E-state index contributed by atoms with van der Waals surface area (Å²) < 4.78 is 18.6. The molecule has 0 saturated heterocycles. The molecule has 1 amide bonds. The Morgan fingerprint density at radius 1 is 1.23 bits per heavy atom. The monoisotopic (exact) mass is 299 g/mol. The van der Waals surface area contributed by atoms with E-state index in [9.17, 15) is 9.18 Å². The highest BCUT2D eigenvalue weighted by molar-refractivity contribution is 5.95. The molecule has 0 atom stereocenters. The molecule has 0 aliphatic heterocycles. The molecule has 0 saturated carbocycles. The molecule has 2 rings (SSSR count). The molecule has 0 fully saturated rings. The SMILES string of the molecule is CNC(=O)C=C(Cc1ccc(OC)cc1)c1cccc(F)c1. The largest absolute Gasteiger partial charge is 0.497 e. The molecule has 2 aromatic carbocycles. The van der Waals surface area contributed by atoms with Crippen LogP contribution in [0.1, 0.15) is 11.1 Å². The van der Waals surface area contributed by atoms with Gasteiger partial charge in [-0.05, 0) is 47.4 Å². The summed E-state index contributed by atoms with van der Waals surface area (Å²) in [5, 5.41) is 2.55. The number of hydrogen-bond donors (Lipinski definition) is 1. The van der Waals surface area contributed by atoms with Crippen LogP contribution in [0.4, 0.5) is 4.39 Å². The van der Waals surface area contributed by atoms with Gasteiger partial charge in [0.15, 0.2) is 0 Å². The molecule has 0 aromatic heterocycles. The van der Waals surface area contributed by atoms with Gasteiger partial charge in [-0.1, -0.05) is 24.3 Å². The van der Waals surface area contributed by atoms with Crippen LogP contribution < -0.4 is 10.1 Å². The Balaban J connectivity index is 2.32. The summed E-state index contributed by atoms with van der Waals surface area (Å²) in [5.41, 5.74) is 2.46. The van der Waals surface area contributed by atoms with Gasteiger partial charge < -0.3 is 10.1 Å². The maximum absolute atomic E-state index is 13.4.